The van der Waals surface area contributed by atoms with E-state index in [1.54, 1.807) is 25.3 Å². The number of aryl methyl sites for hydroxylation is 1. The maximum Gasteiger partial charge on any atom is 0.417 e. The Kier molecular flexibility index (Phi) is 6.05. The third-order valence-electron chi connectivity index (χ3n) is 7.26. The van der Waals surface area contributed by atoms with Gasteiger partial charge in [0.25, 0.3) is 5.56 Å². The smallest absolute Gasteiger partial charge is 0.417 e. The molecule has 40 heavy (non-hydrogen) atoms. The van der Waals surface area contributed by atoms with Crippen LogP contribution >= 0.6 is 0 Å². The molecule has 0 saturated heterocycles. The lowest BCUT2D eigenvalue weighted by molar-refractivity contribution is -0.138. The Labute approximate surface area is 225 Å². The number of carbonyl (C=O) groups is 1. The van der Waals surface area contributed by atoms with Crippen molar-refractivity contribution in [3.05, 3.63) is 99.2 Å². The van der Waals surface area contributed by atoms with Crippen LogP contribution in [0, 0.1) is 6.92 Å². The monoisotopic (exact) mass is 545 g/mol. The van der Waals surface area contributed by atoms with Crippen molar-refractivity contribution in [2.75, 3.05) is 6.61 Å². The molecule has 0 fully saturated rings. The summed E-state index contributed by atoms with van der Waals surface area (Å²) >= 11 is 0. The molecule has 7 nitrogen and oxygen atoms in total. The number of aromatic nitrogens is 3. The molecule has 0 bridgehead atoms. The highest BCUT2D eigenvalue weighted by Crippen LogP contribution is 2.42. The minimum absolute atomic E-state index is 0.153. The summed E-state index contributed by atoms with van der Waals surface area (Å²) < 4.78 is 47.2. The van der Waals surface area contributed by atoms with Crippen LogP contribution in [-0.4, -0.2) is 32.2 Å². The number of ether oxygens (including phenoxy) is 1. The fraction of sp³-hybridized carbons (Fsp3) is 0.200. The molecule has 3 aromatic heterocycles. The summed E-state index contributed by atoms with van der Waals surface area (Å²) in [7, 11) is 0. The van der Waals surface area contributed by atoms with E-state index in [1.165, 1.54) is 16.8 Å². The Bertz CT molecular complexity index is 1890. The summed E-state index contributed by atoms with van der Waals surface area (Å²) in [6.45, 7) is 2.15. The lowest BCUT2D eigenvalue weighted by Crippen LogP contribution is -2.21. The predicted octanol–water partition coefficient (Wildman–Crippen LogP) is 5.55. The molecule has 10 heteroatoms. The second-order valence-electron chi connectivity index (χ2n) is 9.79. The number of pyridine rings is 3. The lowest BCUT2D eigenvalue weighted by atomic mass is 9.87. The van der Waals surface area contributed by atoms with E-state index in [-0.39, 0.29) is 18.5 Å². The van der Waals surface area contributed by atoms with Gasteiger partial charge >= 0.3 is 12.1 Å². The number of carboxylic acids is 1. The number of hydrogen-bond donors (Lipinski definition) is 1. The molecular formula is C30H22F3N3O4. The van der Waals surface area contributed by atoms with E-state index in [0.29, 0.717) is 57.5 Å². The number of hydrogen-bond acceptors (Lipinski definition) is 5. The molecule has 202 valence electrons. The summed E-state index contributed by atoms with van der Waals surface area (Å²) in [5.41, 5.74) is 3.54. The Balaban J connectivity index is 1.64. The van der Waals surface area contributed by atoms with Crippen molar-refractivity contribution >= 4 is 27.8 Å². The van der Waals surface area contributed by atoms with Crippen LogP contribution in [0.25, 0.3) is 32.9 Å². The molecule has 5 aromatic rings. The standard InChI is InChI=1S/C30H22F3N3O4/c1-16-10-23-20(3-5-25(37)36(23)15-17-11-19(14-34-13-17)30(31,32)33)28(22(16)12-26(38)39)21-2-4-24-27-18(7-9-40-24)6-8-35-29(21)27/h2-6,8,10-11,13-14H,7,9,12,15H2,1H3,(H,38,39). The van der Waals surface area contributed by atoms with Gasteiger partial charge in [-0.1, -0.05) is 0 Å². The number of alkyl halides is 3. The van der Waals surface area contributed by atoms with Crippen molar-refractivity contribution < 1.29 is 27.8 Å². The largest absolute Gasteiger partial charge is 0.493 e. The number of fused-ring (bicyclic) bond motifs is 1. The second kappa shape index (κ2) is 9.48. The Hall–Kier alpha value is -4.73. The molecule has 0 radical (unpaired) electrons. The highest BCUT2D eigenvalue weighted by Gasteiger charge is 2.31. The molecule has 4 heterocycles. The average Bonchev–Trinajstić information content (AvgIpc) is 2.91. The molecule has 0 spiro atoms. The van der Waals surface area contributed by atoms with Gasteiger partial charge in [-0.05, 0) is 71.1 Å². The number of benzene rings is 2. The zero-order valence-electron chi connectivity index (χ0n) is 21.2. The molecule has 0 atom stereocenters. The molecule has 0 unspecified atom stereocenters. The van der Waals surface area contributed by atoms with Gasteiger partial charge in [0.1, 0.15) is 5.75 Å². The van der Waals surface area contributed by atoms with Crippen molar-refractivity contribution in [2.24, 2.45) is 0 Å². The normalized spacial score (nSPS) is 13.0. The van der Waals surface area contributed by atoms with E-state index in [2.05, 4.69) is 9.97 Å². The van der Waals surface area contributed by atoms with Gasteiger partial charge in [-0.3, -0.25) is 19.6 Å². The second-order valence-corrected chi connectivity index (χ2v) is 9.79. The first-order valence-corrected chi connectivity index (χ1v) is 12.5. The minimum atomic E-state index is -4.58. The Morgan fingerprint density at radius 3 is 2.73 bits per heavy atom. The number of aliphatic carboxylic acids is 1. The number of halogens is 3. The van der Waals surface area contributed by atoms with Crippen LogP contribution in [0.15, 0.2) is 65.8 Å². The van der Waals surface area contributed by atoms with E-state index in [0.717, 1.165) is 23.2 Å². The van der Waals surface area contributed by atoms with Gasteiger partial charge in [-0.25, -0.2) is 0 Å². The van der Waals surface area contributed by atoms with Crippen molar-refractivity contribution in [2.45, 2.75) is 32.5 Å². The molecule has 0 amide bonds. The third-order valence-corrected chi connectivity index (χ3v) is 7.26. The fourth-order valence-electron chi connectivity index (χ4n) is 5.48. The number of carboxylic acid groups (broad SMARTS) is 1. The van der Waals surface area contributed by atoms with E-state index in [4.69, 9.17) is 4.74 Å². The molecule has 0 aliphatic carbocycles. The van der Waals surface area contributed by atoms with Crippen LogP contribution in [0.3, 0.4) is 0 Å². The van der Waals surface area contributed by atoms with Gasteiger partial charge in [0.15, 0.2) is 0 Å². The Morgan fingerprint density at radius 1 is 1.12 bits per heavy atom. The first-order chi connectivity index (χ1) is 19.1. The first kappa shape index (κ1) is 25.5. The molecule has 0 saturated carbocycles. The quantitative estimate of drug-likeness (QED) is 0.311. The van der Waals surface area contributed by atoms with E-state index in [9.17, 15) is 27.9 Å². The van der Waals surface area contributed by atoms with Gasteiger partial charge in [0.05, 0.1) is 36.2 Å². The average molecular weight is 546 g/mol. The van der Waals surface area contributed by atoms with Crippen molar-refractivity contribution in [3.8, 4) is 16.9 Å². The number of rotatable bonds is 5. The highest BCUT2D eigenvalue weighted by atomic mass is 19.4. The van der Waals surface area contributed by atoms with Crippen LogP contribution in [0.5, 0.6) is 5.75 Å². The van der Waals surface area contributed by atoms with E-state index < -0.39 is 23.3 Å². The summed E-state index contributed by atoms with van der Waals surface area (Å²) in [6.07, 6.45) is -0.396. The molecule has 1 N–H and O–H groups in total. The summed E-state index contributed by atoms with van der Waals surface area (Å²) in [6, 6.07) is 11.3. The fourth-order valence-corrected chi connectivity index (χ4v) is 5.48. The van der Waals surface area contributed by atoms with Crippen LogP contribution in [0.1, 0.15) is 27.8 Å². The highest BCUT2D eigenvalue weighted by molar-refractivity contribution is 6.08. The van der Waals surface area contributed by atoms with Crippen LogP contribution in [0.4, 0.5) is 13.2 Å². The van der Waals surface area contributed by atoms with Crippen LogP contribution < -0.4 is 10.3 Å². The molecule has 1 aliphatic rings. The summed E-state index contributed by atoms with van der Waals surface area (Å²) in [4.78, 5) is 33.4. The topological polar surface area (TPSA) is 94.3 Å². The summed E-state index contributed by atoms with van der Waals surface area (Å²) in [5, 5.41) is 11.2. The third kappa shape index (κ3) is 4.35. The van der Waals surface area contributed by atoms with Gasteiger partial charge in [-0.15, -0.1) is 0 Å². The molecule has 6 rings (SSSR count). The number of nitrogens with zero attached hydrogens (tertiary/aromatic N) is 3. The molecule has 1 aliphatic heterocycles. The molecule has 2 aromatic carbocycles. The van der Waals surface area contributed by atoms with Gasteiger partial charge in [-0.2, -0.15) is 13.2 Å². The lowest BCUT2D eigenvalue weighted by Gasteiger charge is -2.22. The van der Waals surface area contributed by atoms with Crippen molar-refractivity contribution in [1.82, 2.24) is 14.5 Å². The maximum atomic E-state index is 13.3. The SMILES string of the molecule is Cc1cc2c(ccc(=O)n2Cc2cncc(C(F)(F)F)c2)c(-c2ccc3c4c(ccnc24)CCO3)c1CC(=O)O. The zero-order chi connectivity index (χ0) is 28.2. The van der Waals surface area contributed by atoms with Crippen molar-refractivity contribution in [3.63, 3.8) is 0 Å². The van der Waals surface area contributed by atoms with Gasteiger partial charge in [0.2, 0.25) is 0 Å². The minimum Gasteiger partial charge on any atom is -0.493 e. The van der Waals surface area contributed by atoms with Crippen LogP contribution in [-0.2, 0) is 30.4 Å². The van der Waals surface area contributed by atoms with E-state index >= 15 is 0 Å². The summed E-state index contributed by atoms with van der Waals surface area (Å²) in [5.74, 6) is -0.329. The van der Waals surface area contributed by atoms with Crippen LogP contribution in [0.2, 0.25) is 0 Å². The predicted molar refractivity (Wildman–Crippen MR) is 143 cm³/mol. The maximum absolute atomic E-state index is 13.3. The van der Waals surface area contributed by atoms with Gasteiger partial charge in [0, 0.05) is 47.4 Å². The van der Waals surface area contributed by atoms with E-state index in [1.807, 2.05) is 18.2 Å². The first-order valence-electron chi connectivity index (χ1n) is 12.5. The zero-order valence-corrected chi connectivity index (χ0v) is 21.2. The van der Waals surface area contributed by atoms with Crippen molar-refractivity contribution in [1.29, 1.82) is 0 Å². The Morgan fingerprint density at radius 2 is 1.95 bits per heavy atom. The molecular weight excluding hydrogens is 523 g/mol. The van der Waals surface area contributed by atoms with Gasteiger partial charge < -0.3 is 14.4 Å².